The molecule has 0 aliphatic heterocycles. The molecule has 0 atom stereocenters. The van der Waals surface area contributed by atoms with Crippen LogP contribution in [0.5, 0.6) is 0 Å². The highest BCUT2D eigenvalue weighted by Gasteiger charge is 2.28. The maximum Gasteiger partial charge on any atom is 0.243 e. The molecule has 1 N–H and O–H groups in total. The molecule has 0 spiro atoms. The van der Waals surface area contributed by atoms with E-state index in [2.05, 4.69) is 0 Å². The maximum atomic E-state index is 12.6. The van der Waals surface area contributed by atoms with Gasteiger partial charge in [-0.2, -0.15) is 4.31 Å². The molecule has 0 unspecified atom stereocenters. The summed E-state index contributed by atoms with van der Waals surface area (Å²) in [4.78, 5) is 0.290. The lowest BCUT2D eigenvalue weighted by Crippen LogP contribution is -2.41. The monoisotopic (exact) mass is 285 g/mol. The van der Waals surface area contributed by atoms with Gasteiger partial charge < -0.3 is 5.11 Å². The van der Waals surface area contributed by atoms with Crippen LogP contribution in [0, 0.1) is 6.92 Å². The number of nitrogens with zero attached hydrogens (tertiary/aromatic N) is 1. The SMILES string of the molecule is CCC(CC)N(CCO)S(=O)(=O)c1ccc(C)cc1. The first-order valence-corrected chi connectivity index (χ1v) is 8.10. The normalized spacial score (nSPS) is 12.3. The largest absolute Gasteiger partial charge is 0.395 e. The molecule has 19 heavy (non-hydrogen) atoms. The second-order valence-corrected chi connectivity index (χ2v) is 6.51. The van der Waals surface area contributed by atoms with Crippen LogP contribution in [0.2, 0.25) is 0 Å². The fourth-order valence-corrected chi connectivity index (χ4v) is 3.90. The van der Waals surface area contributed by atoms with Crippen molar-refractivity contribution in [3.63, 3.8) is 0 Å². The number of benzene rings is 1. The molecule has 0 saturated heterocycles. The zero-order valence-electron chi connectivity index (χ0n) is 11.8. The average Bonchev–Trinajstić information content (AvgIpc) is 2.39. The van der Waals surface area contributed by atoms with E-state index in [-0.39, 0.29) is 19.2 Å². The molecule has 0 aromatic heterocycles. The molecule has 0 aliphatic carbocycles. The first kappa shape index (κ1) is 16.1. The minimum Gasteiger partial charge on any atom is -0.395 e. The van der Waals surface area contributed by atoms with Crippen molar-refractivity contribution in [2.24, 2.45) is 0 Å². The van der Waals surface area contributed by atoms with Crippen LogP contribution in [0.15, 0.2) is 29.2 Å². The number of aliphatic hydroxyl groups excluding tert-OH is 1. The Bertz CT molecular complexity index is 478. The van der Waals surface area contributed by atoms with Crippen LogP contribution in [0.4, 0.5) is 0 Å². The van der Waals surface area contributed by atoms with Crippen molar-refractivity contribution in [2.75, 3.05) is 13.2 Å². The second-order valence-electron chi connectivity index (χ2n) is 4.62. The molecule has 108 valence electrons. The van der Waals surface area contributed by atoms with Gasteiger partial charge in [-0.05, 0) is 31.9 Å². The van der Waals surface area contributed by atoms with Crippen LogP contribution < -0.4 is 0 Å². The summed E-state index contributed by atoms with van der Waals surface area (Å²) in [5, 5.41) is 9.12. The molecule has 1 rings (SSSR count). The summed E-state index contributed by atoms with van der Waals surface area (Å²) in [7, 11) is -3.53. The number of rotatable bonds is 7. The van der Waals surface area contributed by atoms with Crippen molar-refractivity contribution in [2.45, 2.75) is 44.6 Å². The molecular formula is C14H23NO3S. The van der Waals surface area contributed by atoms with E-state index in [9.17, 15) is 8.42 Å². The second kappa shape index (κ2) is 7.03. The molecule has 0 saturated carbocycles. The quantitative estimate of drug-likeness (QED) is 0.835. The molecule has 0 aliphatic rings. The summed E-state index contributed by atoms with van der Waals surface area (Å²) in [6.07, 6.45) is 1.48. The lowest BCUT2D eigenvalue weighted by molar-refractivity contribution is 0.219. The molecule has 0 fully saturated rings. The van der Waals surface area contributed by atoms with E-state index in [1.54, 1.807) is 24.3 Å². The Morgan fingerprint density at radius 2 is 1.68 bits per heavy atom. The van der Waals surface area contributed by atoms with E-state index in [0.29, 0.717) is 4.90 Å². The van der Waals surface area contributed by atoms with E-state index in [1.807, 2.05) is 20.8 Å². The molecule has 5 heteroatoms. The molecule has 0 bridgehead atoms. The van der Waals surface area contributed by atoms with Crippen molar-refractivity contribution in [1.82, 2.24) is 4.31 Å². The molecule has 0 amide bonds. The topological polar surface area (TPSA) is 57.6 Å². The summed E-state index contributed by atoms with van der Waals surface area (Å²) in [6.45, 7) is 5.82. The van der Waals surface area contributed by atoms with E-state index in [1.165, 1.54) is 4.31 Å². The lowest BCUT2D eigenvalue weighted by atomic mass is 10.2. The summed E-state index contributed by atoms with van der Waals surface area (Å²) in [5.74, 6) is 0. The Kier molecular flexibility index (Phi) is 5.97. The van der Waals surface area contributed by atoms with Crippen molar-refractivity contribution in [1.29, 1.82) is 0 Å². The number of hydrogen-bond donors (Lipinski definition) is 1. The van der Waals surface area contributed by atoms with E-state index in [0.717, 1.165) is 18.4 Å². The van der Waals surface area contributed by atoms with Gasteiger partial charge in [0.2, 0.25) is 10.0 Å². The van der Waals surface area contributed by atoms with E-state index in [4.69, 9.17) is 5.11 Å². The highest BCUT2D eigenvalue weighted by Crippen LogP contribution is 2.21. The Labute approximate surface area is 116 Å². The Hall–Kier alpha value is -0.910. The molecule has 4 nitrogen and oxygen atoms in total. The van der Waals surface area contributed by atoms with Crippen LogP contribution in [0.25, 0.3) is 0 Å². The van der Waals surface area contributed by atoms with Crippen LogP contribution in [-0.4, -0.2) is 37.0 Å². The predicted molar refractivity (Wildman–Crippen MR) is 76.5 cm³/mol. The first-order valence-electron chi connectivity index (χ1n) is 6.66. The fraction of sp³-hybridized carbons (Fsp3) is 0.571. The van der Waals surface area contributed by atoms with Crippen LogP contribution in [-0.2, 0) is 10.0 Å². The van der Waals surface area contributed by atoms with E-state index < -0.39 is 10.0 Å². The third-order valence-electron chi connectivity index (χ3n) is 3.30. The van der Waals surface area contributed by atoms with Gasteiger partial charge in [0.1, 0.15) is 0 Å². The number of aryl methyl sites for hydroxylation is 1. The van der Waals surface area contributed by atoms with Gasteiger partial charge in [0.15, 0.2) is 0 Å². The third-order valence-corrected chi connectivity index (χ3v) is 5.26. The van der Waals surface area contributed by atoms with Gasteiger partial charge in [-0.3, -0.25) is 0 Å². The van der Waals surface area contributed by atoms with Gasteiger partial charge in [-0.25, -0.2) is 8.42 Å². The van der Waals surface area contributed by atoms with E-state index >= 15 is 0 Å². The van der Waals surface area contributed by atoms with Gasteiger partial charge in [0.05, 0.1) is 11.5 Å². The maximum absolute atomic E-state index is 12.6. The highest BCUT2D eigenvalue weighted by molar-refractivity contribution is 7.89. The van der Waals surface area contributed by atoms with Gasteiger partial charge in [0, 0.05) is 12.6 Å². The Morgan fingerprint density at radius 3 is 2.11 bits per heavy atom. The zero-order valence-corrected chi connectivity index (χ0v) is 12.7. The predicted octanol–water partition coefficient (Wildman–Crippen LogP) is 2.17. The minimum absolute atomic E-state index is 0.0709. The highest BCUT2D eigenvalue weighted by atomic mass is 32.2. The van der Waals surface area contributed by atoms with Gasteiger partial charge in [-0.15, -0.1) is 0 Å². The van der Waals surface area contributed by atoms with Gasteiger partial charge in [-0.1, -0.05) is 31.5 Å². The van der Waals surface area contributed by atoms with Crippen molar-refractivity contribution >= 4 is 10.0 Å². The summed E-state index contributed by atoms with van der Waals surface area (Å²) in [6, 6.07) is 6.75. The molecular weight excluding hydrogens is 262 g/mol. The first-order chi connectivity index (χ1) is 8.97. The van der Waals surface area contributed by atoms with Gasteiger partial charge in [0.25, 0.3) is 0 Å². The average molecular weight is 285 g/mol. The summed E-state index contributed by atoms with van der Waals surface area (Å²) < 4.78 is 26.6. The minimum atomic E-state index is -3.53. The molecule has 1 aromatic carbocycles. The number of sulfonamides is 1. The third kappa shape index (κ3) is 3.78. The molecule has 0 radical (unpaired) electrons. The molecule has 0 heterocycles. The summed E-state index contributed by atoms with van der Waals surface area (Å²) in [5.41, 5.74) is 1.02. The van der Waals surface area contributed by atoms with Crippen LogP contribution >= 0.6 is 0 Å². The van der Waals surface area contributed by atoms with Crippen LogP contribution in [0.1, 0.15) is 32.3 Å². The van der Waals surface area contributed by atoms with Crippen molar-refractivity contribution in [3.05, 3.63) is 29.8 Å². The number of hydrogen-bond acceptors (Lipinski definition) is 3. The number of aliphatic hydroxyl groups is 1. The zero-order chi connectivity index (χ0) is 14.5. The van der Waals surface area contributed by atoms with Crippen LogP contribution in [0.3, 0.4) is 0 Å². The molecule has 1 aromatic rings. The van der Waals surface area contributed by atoms with Gasteiger partial charge >= 0.3 is 0 Å². The Balaban J connectivity index is 3.15. The Morgan fingerprint density at radius 1 is 1.16 bits per heavy atom. The van der Waals surface area contributed by atoms with Crippen molar-refractivity contribution in [3.8, 4) is 0 Å². The fourth-order valence-electron chi connectivity index (χ4n) is 2.14. The van der Waals surface area contributed by atoms with Crippen molar-refractivity contribution < 1.29 is 13.5 Å². The summed E-state index contributed by atoms with van der Waals surface area (Å²) >= 11 is 0. The standard InChI is InChI=1S/C14H23NO3S/c1-4-13(5-2)15(10-11-16)19(17,18)14-8-6-12(3)7-9-14/h6-9,13,16H,4-5,10-11H2,1-3H3. The lowest BCUT2D eigenvalue weighted by Gasteiger charge is -2.29. The smallest absolute Gasteiger partial charge is 0.243 e.